The minimum Gasteiger partial charge on any atom is -0.507 e. The van der Waals surface area contributed by atoms with Gasteiger partial charge in [0.05, 0.1) is 7.11 Å². The highest BCUT2D eigenvalue weighted by molar-refractivity contribution is 6.03. The van der Waals surface area contributed by atoms with Crippen LogP contribution in [0.4, 0.5) is 0 Å². The molecule has 0 aliphatic rings. The van der Waals surface area contributed by atoms with E-state index in [9.17, 15) is 19.8 Å². The van der Waals surface area contributed by atoms with E-state index in [0.29, 0.717) is 0 Å². The molecule has 2 aromatic carbocycles. The van der Waals surface area contributed by atoms with E-state index >= 15 is 0 Å². The summed E-state index contributed by atoms with van der Waals surface area (Å²) in [4.78, 5) is 27.1. The summed E-state index contributed by atoms with van der Waals surface area (Å²) in [5.41, 5.74) is 1.75. The smallest absolute Gasteiger partial charge is 0.320 e. The van der Waals surface area contributed by atoms with Crippen molar-refractivity contribution in [3.8, 4) is 11.5 Å². The third kappa shape index (κ3) is 6.90. The molecule has 2 aromatic rings. The van der Waals surface area contributed by atoms with Gasteiger partial charge in [-0.2, -0.15) is 0 Å². The monoisotopic (exact) mass is 552 g/mol. The molecule has 2 N–H and O–H groups in total. The summed E-state index contributed by atoms with van der Waals surface area (Å²) < 4.78 is 5.30. The number of esters is 1. The van der Waals surface area contributed by atoms with Crippen LogP contribution in [-0.4, -0.2) is 29.1 Å². The summed E-state index contributed by atoms with van der Waals surface area (Å²) in [6.45, 7) is 25.9. The Morgan fingerprint density at radius 3 is 1.02 bits per heavy atom. The van der Waals surface area contributed by atoms with Crippen molar-refractivity contribution in [2.45, 2.75) is 125 Å². The predicted molar refractivity (Wildman–Crippen MR) is 164 cm³/mol. The van der Waals surface area contributed by atoms with E-state index in [4.69, 9.17) is 4.74 Å². The molecule has 0 saturated carbocycles. The molecule has 0 heterocycles. The Labute approximate surface area is 242 Å². The number of carbonyl (C=O) groups excluding carboxylic acids is 2. The van der Waals surface area contributed by atoms with Gasteiger partial charge in [-0.1, -0.05) is 107 Å². The van der Waals surface area contributed by atoms with Crippen LogP contribution in [0.3, 0.4) is 0 Å². The second kappa shape index (κ2) is 10.9. The van der Waals surface area contributed by atoms with Gasteiger partial charge in [0.1, 0.15) is 22.7 Å². The third-order valence-corrected chi connectivity index (χ3v) is 7.83. The number of rotatable bonds is 6. The molecule has 2 rings (SSSR count). The highest BCUT2D eigenvalue weighted by Gasteiger charge is 2.46. The second-order valence-corrected chi connectivity index (χ2v) is 15.6. The van der Waals surface area contributed by atoms with Gasteiger partial charge in [-0.3, -0.25) is 9.59 Å². The van der Waals surface area contributed by atoms with Crippen molar-refractivity contribution in [3.63, 3.8) is 0 Å². The molecule has 222 valence electrons. The van der Waals surface area contributed by atoms with Gasteiger partial charge in [0, 0.05) is 0 Å². The molecule has 0 aliphatic heterocycles. The number of hydrogen-bond donors (Lipinski definition) is 2. The molecule has 0 atom stereocenters. The summed E-state index contributed by atoms with van der Waals surface area (Å²) in [6, 6.07) is 7.68. The number of phenols is 2. The topological polar surface area (TPSA) is 83.8 Å². The van der Waals surface area contributed by atoms with E-state index in [1.165, 1.54) is 14.0 Å². The maximum atomic E-state index is 13.6. The highest BCUT2D eigenvalue weighted by atomic mass is 16.5. The van der Waals surface area contributed by atoms with Crippen LogP contribution in [-0.2, 0) is 48.8 Å². The lowest BCUT2D eigenvalue weighted by atomic mass is 9.70. The van der Waals surface area contributed by atoms with Gasteiger partial charge in [-0.05, 0) is 74.8 Å². The van der Waals surface area contributed by atoms with Crippen LogP contribution in [0, 0.1) is 5.41 Å². The number of hydrogen-bond acceptors (Lipinski definition) is 5. The zero-order valence-corrected chi connectivity index (χ0v) is 27.3. The molecular weight excluding hydrogens is 500 g/mol. The lowest BCUT2D eigenvalue weighted by Gasteiger charge is -2.33. The summed E-state index contributed by atoms with van der Waals surface area (Å²) in [7, 11) is 1.32. The molecule has 0 aromatic heterocycles. The molecular formula is C35H52O5. The lowest BCUT2D eigenvalue weighted by molar-refractivity contribution is -0.157. The maximum Gasteiger partial charge on any atom is 0.320 e. The summed E-state index contributed by atoms with van der Waals surface area (Å²) in [6.07, 6.45) is 0.246. The fourth-order valence-electron chi connectivity index (χ4n) is 5.37. The number of methoxy groups -OCH3 is 1. The van der Waals surface area contributed by atoms with Crippen LogP contribution in [0.15, 0.2) is 24.3 Å². The predicted octanol–water partition coefficient (Wildman–Crippen LogP) is 7.82. The molecule has 5 nitrogen and oxygen atoms in total. The fraction of sp³-hybridized carbons (Fsp3) is 0.600. The molecule has 0 unspecified atom stereocenters. The van der Waals surface area contributed by atoms with Gasteiger partial charge < -0.3 is 14.9 Å². The van der Waals surface area contributed by atoms with E-state index in [0.717, 1.165) is 33.4 Å². The summed E-state index contributed by atoms with van der Waals surface area (Å²) >= 11 is 0. The molecule has 0 bridgehead atoms. The first-order chi connectivity index (χ1) is 17.9. The Balaban J connectivity index is 2.89. The van der Waals surface area contributed by atoms with Gasteiger partial charge in [0.25, 0.3) is 0 Å². The largest absolute Gasteiger partial charge is 0.507 e. The van der Waals surface area contributed by atoms with Crippen LogP contribution in [0.25, 0.3) is 0 Å². The number of ketones is 1. The third-order valence-electron chi connectivity index (χ3n) is 7.83. The number of phenolic OH excluding ortho intramolecular Hbond substituents is 2. The zero-order chi connectivity index (χ0) is 31.2. The van der Waals surface area contributed by atoms with Gasteiger partial charge in [0.2, 0.25) is 0 Å². The first-order valence-electron chi connectivity index (χ1n) is 14.2. The van der Waals surface area contributed by atoms with Crippen molar-refractivity contribution < 1.29 is 24.5 Å². The molecule has 40 heavy (non-hydrogen) atoms. The minimum atomic E-state index is -1.49. The van der Waals surface area contributed by atoms with Crippen molar-refractivity contribution in [2.24, 2.45) is 5.41 Å². The Hall–Kier alpha value is -2.82. The van der Waals surface area contributed by atoms with E-state index in [1.54, 1.807) is 0 Å². The van der Waals surface area contributed by atoms with Crippen LogP contribution >= 0.6 is 0 Å². The zero-order valence-electron chi connectivity index (χ0n) is 27.3. The fourth-order valence-corrected chi connectivity index (χ4v) is 5.37. The SMILES string of the molecule is COC(=O)C(Cc1cc(C(C)(C)C)c(O)c(C(C)(C)C)c1)(Cc1cc(C(C)(C)C)c(O)c(C(C)(C)C)c1)C(C)=O. The summed E-state index contributed by atoms with van der Waals surface area (Å²) in [5, 5.41) is 22.5. The number of ether oxygens (including phenoxy) is 1. The van der Waals surface area contributed by atoms with Crippen molar-refractivity contribution >= 4 is 11.8 Å². The maximum absolute atomic E-state index is 13.6. The number of carbonyl (C=O) groups is 2. The van der Waals surface area contributed by atoms with E-state index in [1.807, 2.05) is 107 Å². The molecule has 0 fully saturated rings. The van der Waals surface area contributed by atoms with Crippen molar-refractivity contribution in [3.05, 3.63) is 57.6 Å². The first-order valence-corrected chi connectivity index (χ1v) is 14.2. The average molecular weight is 553 g/mol. The lowest BCUT2D eigenvalue weighted by Crippen LogP contribution is -2.43. The van der Waals surface area contributed by atoms with Crippen LogP contribution in [0.1, 0.15) is 123 Å². The van der Waals surface area contributed by atoms with Crippen molar-refractivity contribution in [1.29, 1.82) is 0 Å². The molecule has 0 amide bonds. The van der Waals surface area contributed by atoms with Gasteiger partial charge in [0.15, 0.2) is 0 Å². The molecule has 0 saturated heterocycles. The van der Waals surface area contributed by atoms with Crippen LogP contribution in [0.5, 0.6) is 11.5 Å². The van der Waals surface area contributed by atoms with E-state index in [2.05, 4.69) is 0 Å². The number of Topliss-reactive ketones (excluding diaryl/α,β-unsaturated/α-hetero) is 1. The Morgan fingerprint density at radius 2 is 0.850 bits per heavy atom. The van der Waals surface area contributed by atoms with Gasteiger partial charge >= 0.3 is 5.97 Å². The van der Waals surface area contributed by atoms with E-state index < -0.39 is 11.4 Å². The van der Waals surface area contributed by atoms with Gasteiger partial charge in [-0.25, -0.2) is 0 Å². The second-order valence-electron chi connectivity index (χ2n) is 15.6. The van der Waals surface area contributed by atoms with Crippen LogP contribution in [0.2, 0.25) is 0 Å². The van der Waals surface area contributed by atoms with Crippen LogP contribution < -0.4 is 0 Å². The summed E-state index contributed by atoms with van der Waals surface area (Å²) in [5.74, 6) is -0.382. The average Bonchev–Trinajstić information content (AvgIpc) is 2.76. The standard InChI is InChI=1S/C35H52O5/c1-21(36)35(30(39)40-14,19-22-15-24(31(2,3)4)28(37)25(16-22)32(5,6)7)20-23-17-26(33(8,9)10)29(38)27(18-23)34(11,12)13/h15-18,37-38H,19-20H2,1-14H3. The van der Waals surface area contributed by atoms with Crippen molar-refractivity contribution in [1.82, 2.24) is 0 Å². The Kier molecular flexibility index (Phi) is 9.07. The van der Waals surface area contributed by atoms with E-state index in [-0.39, 0.29) is 51.8 Å². The number of benzene rings is 2. The normalized spacial score (nSPS) is 13.3. The first kappa shape index (κ1) is 33.4. The molecule has 0 aliphatic carbocycles. The number of aromatic hydroxyl groups is 2. The van der Waals surface area contributed by atoms with Gasteiger partial charge in [-0.15, -0.1) is 0 Å². The van der Waals surface area contributed by atoms with Crippen molar-refractivity contribution in [2.75, 3.05) is 7.11 Å². The Morgan fingerprint density at radius 1 is 0.600 bits per heavy atom. The Bertz CT molecular complexity index is 1120. The minimum absolute atomic E-state index is 0.123. The highest BCUT2D eigenvalue weighted by Crippen LogP contribution is 2.44. The molecule has 0 spiro atoms. The quantitative estimate of drug-likeness (QED) is 0.282. The molecule has 0 radical (unpaired) electrons. The molecule has 5 heteroatoms.